The first kappa shape index (κ1) is 16.4. The molecule has 1 aliphatic heterocycles. The van der Waals surface area contributed by atoms with E-state index in [1.54, 1.807) is 6.92 Å². The van der Waals surface area contributed by atoms with Crippen LogP contribution in [-0.4, -0.2) is 32.5 Å². The van der Waals surface area contributed by atoms with Gasteiger partial charge < -0.3 is 0 Å². The van der Waals surface area contributed by atoms with Crippen molar-refractivity contribution in [3.05, 3.63) is 59.7 Å². The molecule has 1 aromatic heterocycles. The van der Waals surface area contributed by atoms with Gasteiger partial charge in [0.2, 0.25) is 0 Å². The maximum absolute atomic E-state index is 12.5. The van der Waals surface area contributed by atoms with Crippen LogP contribution < -0.4 is 0 Å². The summed E-state index contributed by atoms with van der Waals surface area (Å²) in [7, 11) is 0. The van der Waals surface area contributed by atoms with Gasteiger partial charge in [0.05, 0.1) is 17.1 Å². The Balaban J connectivity index is 1.49. The Bertz CT molecular complexity index is 882. The molecule has 0 atom stereocenters. The van der Waals surface area contributed by atoms with Gasteiger partial charge in [0.25, 0.3) is 0 Å². The Morgan fingerprint density at radius 3 is 2.52 bits per heavy atom. The lowest BCUT2D eigenvalue weighted by Gasteiger charge is -2.40. The van der Waals surface area contributed by atoms with Crippen LogP contribution in [0.25, 0.3) is 11.0 Å². The smallest absolute Gasteiger partial charge is 0.140 e. The summed E-state index contributed by atoms with van der Waals surface area (Å²) in [6.07, 6.45) is 1.76. The first-order valence-corrected chi connectivity index (χ1v) is 9.40. The third-order valence-corrected chi connectivity index (χ3v) is 5.99. The highest BCUT2D eigenvalue weighted by Gasteiger charge is 2.40. The Morgan fingerprint density at radius 1 is 1.08 bits per heavy atom. The number of likely N-dealkylation sites (tertiary alicyclic amines) is 1. The van der Waals surface area contributed by atoms with Crippen molar-refractivity contribution in [1.29, 1.82) is 0 Å². The van der Waals surface area contributed by atoms with Crippen LogP contribution >= 0.6 is 11.7 Å². The molecule has 2 heterocycles. The van der Waals surface area contributed by atoms with Gasteiger partial charge in [-0.3, -0.25) is 9.69 Å². The average molecular weight is 351 g/mol. The number of aromatic nitrogens is 2. The average Bonchev–Trinajstić information content (AvgIpc) is 3.11. The van der Waals surface area contributed by atoms with Crippen molar-refractivity contribution < 1.29 is 4.79 Å². The Morgan fingerprint density at radius 2 is 1.80 bits per heavy atom. The molecule has 0 aliphatic carbocycles. The summed E-state index contributed by atoms with van der Waals surface area (Å²) in [4.78, 5) is 14.9. The fourth-order valence-electron chi connectivity index (χ4n) is 3.88. The van der Waals surface area contributed by atoms with E-state index >= 15 is 0 Å². The summed E-state index contributed by atoms with van der Waals surface area (Å²) >= 11 is 1.26. The number of benzene rings is 2. The van der Waals surface area contributed by atoms with Crippen LogP contribution in [0, 0.1) is 0 Å². The van der Waals surface area contributed by atoms with Crippen molar-refractivity contribution in [2.24, 2.45) is 0 Å². The van der Waals surface area contributed by atoms with E-state index in [0.717, 1.165) is 49.1 Å². The maximum Gasteiger partial charge on any atom is 0.140 e. The van der Waals surface area contributed by atoms with Gasteiger partial charge in [-0.25, -0.2) is 0 Å². The molecule has 0 N–H and O–H groups in total. The van der Waals surface area contributed by atoms with Gasteiger partial charge in [0.15, 0.2) is 0 Å². The summed E-state index contributed by atoms with van der Waals surface area (Å²) in [6.45, 7) is 4.51. The molecule has 128 valence electrons. The van der Waals surface area contributed by atoms with Gasteiger partial charge in [-0.15, -0.1) is 0 Å². The van der Waals surface area contributed by atoms with Crippen LogP contribution in [-0.2, 0) is 16.8 Å². The molecule has 0 spiro atoms. The number of piperidine rings is 1. The number of nitrogens with zero attached hydrogens (tertiary/aromatic N) is 3. The minimum atomic E-state index is -0.319. The Labute approximate surface area is 151 Å². The van der Waals surface area contributed by atoms with Crippen LogP contribution in [0.4, 0.5) is 0 Å². The minimum Gasteiger partial charge on any atom is -0.299 e. The number of hydrogen-bond donors (Lipinski definition) is 0. The third-order valence-electron chi connectivity index (χ3n) is 5.43. The summed E-state index contributed by atoms with van der Waals surface area (Å²) in [6, 6.07) is 16.6. The summed E-state index contributed by atoms with van der Waals surface area (Å²) in [5, 5.41) is 0. The van der Waals surface area contributed by atoms with Gasteiger partial charge in [-0.1, -0.05) is 36.4 Å². The van der Waals surface area contributed by atoms with Crippen LogP contribution in [0.3, 0.4) is 0 Å². The molecule has 0 amide bonds. The zero-order chi connectivity index (χ0) is 17.3. The van der Waals surface area contributed by atoms with Gasteiger partial charge in [-0.2, -0.15) is 8.75 Å². The highest BCUT2D eigenvalue weighted by Crippen LogP contribution is 2.36. The second kappa shape index (κ2) is 6.65. The van der Waals surface area contributed by atoms with Crippen molar-refractivity contribution in [3.8, 4) is 0 Å². The topological polar surface area (TPSA) is 46.1 Å². The maximum atomic E-state index is 12.5. The molecular formula is C20H21N3OS. The molecule has 2 aromatic carbocycles. The molecule has 1 saturated heterocycles. The highest BCUT2D eigenvalue weighted by atomic mass is 32.1. The molecule has 1 aliphatic rings. The molecule has 4 nitrogen and oxygen atoms in total. The van der Waals surface area contributed by atoms with E-state index in [-0.39, 0.29) is 11.2 Å². The minimum absolute atomic E-state index is 0.285. The van der Waals surface area contributed by atoms with Crippen LogP contribution in [0.1, 0.15) is 30.9 Å². The quantitative estimate of drug-likeness (QED) is 0.717. The summed E-state index contributed by atoms with van der Waals surface area (Å²) in [5.41, 5.74) is 4.04. The van der Waals surface area contributed by atoms with E-state index in [1.165, 1.54) is 17.3 Å². The molecule has 5 heteroatoms. The molecular weight excluding hydrogens is 330 g/mol. The Hall–Kier alpha value is -2.11. The standard InChI is InChI=1S/C20H21N3OS/c1-15(24)20(17-5-3-2-4-6-17)9-11-23(12-10-20)14-16-7-8-18-19(13-16)22-25-21-18/h2-8,13H,9-12,14H2,1H3. The van der Waals surface area contributed by atoms with E-state index in [0.29, 0.717) is 0 Å². The zero-order valence-electron chi connectivity index (χ0n) is 14.3. The van der Waals surface area contributed by atoms with Crippen molar-refractivity contribution in [2.45, 2.75) is 31.7 Å². The number of Topliss-reactive ketones (excluding diaryl/α,β-unsaturated/α-hetero) is 1. The number of ketones is 1. The molecule has 0 bridgehead atoms. The predicted molar refractivity (Wildman–Crippen MR) is 101 cm³/mol. The van der Waals surface area contributed by atoms with Crippen molar-refractivity contribution in [1.82, 2.24) is 13.6 Å². The van der Waals surface area contributed by atoms with E-state index in [9.17, 15) is 4.79 Å². The number of carbonyl (C=O) groups excluding carboxylic acids is 1. The van der Waals surface area contributed by atoms with E-state index < -0.39 is 0 Å². The normalized spacial score (nSPS) is 17.6. The summed E-state index contributed by atoms with van der Waals surface area (Å²) < 4.78 is 8.58. The third kappa shape index (κ3) is 3.10. The highest BCUT2D eigenvalue weighted by molar-refractivity contribution is 7.00. The van der Waals surface area contributed by atoms with E-state index in [4.69, 9.17) is 0 Å². The van der Waals surface area contributed by atoms with Crippen molar-refractivity contribution >= 4 is 28.5 Å². The van der Waals surface area contributed by atoms with Crippen LogP contribution in [0.5, 0.6) is 0 Å². The van der Waals surface area contributed by atoms with Gasteiger partial charge in [0.1, 0.15) is 16.8 Å². The molecule has 0 saturated carbocycles. The van der Waals surface area contributed by atoms with Gasteiger partial charge in [0, 0.05) is 6.54 Å². The first-order valence-electron chi connectivity index (χ1n) is 8.67. The number of carbonyl (C=O) groups is 1. The lowest BCUT2D eigenvalue weighted by molar-refractivity contribution is -0.124. The number of rotatable bonds is 4. The van der Waals surface area contributed by atoms with Crippen molar-refractivity contribution in [3.63, 3.8) is 0 Å². The van der Waals surface area contributed by atoms with Crippen LogP contribution in [0.15, 0.2) is 48.5 Å². The molecule has 0 unspecified atom stereocenters. The lowest BCUT2D eigenvalue weighted by Crippen LogP contribution is -2.46. The van der Waals surface area contributed by atoms with Crippen LogP contribution in [0.2, 0.25) is 0 Å². The second-order valence-corrected chi connectivity index (χ2v) is 7.40. The molecule has 4 rings (SSSR count). The molecule has 0 radical (unpaired) electrons. The molecule has 25 heavy (non-hydrogen) atoms. The fraction of sp³-hybridized carbons (Fsp3) is 0.350. The second-order valence-electron chi connectivity index (χ2n) is 6.87. The lowest BCUT2D eigenvalue weighted by atomic mass is 9.70. The van der Waals surface area contributed by atoms with E-state index in [2.05, 4.69) is 37.9 Å². The first-order chi connectivity index (χ1) is 12.2. The summed E-state index contributed by atoms with van der Waals surface area (Å²) in [5.74, 6) is 0.285. The Kier molecular flexibility index (Phi) is 4.36. The number of hydrogen-bond acceptors (Lipinski definition) is 5. The SMILES string of the molecule is CC(=O)C1(c2ccccc2)CCN(Cc2ccc3nsnc3c2)CC1. The predicted octanol–water partition coefficient (Wildman–Crippen LogP) is 3.81. The monoisotopic (exact) mass is 351 g/mol. The van der Waals surface area contributed by atoms with Gasteiger partial charge >= 0.3 is 0 Å². The zero-order valence-corrected chi connectivity index (χ0v) is 15.1. The fourth-order valence-corrected chi connectivity index (χ4v) is 4.40. The van der Waals surface area contributed by atoms with E-state index in [1.807, 2.05) is 24.3 Å². The largest absolute Gasteiger partial charge is 0.299 e. The van der Waals surface area contributed by atoms with Crippen molar-refractivity contribution in [2.75, 3.05) is 13.1 Å². The molecule has 3 aromatic rings. The number of fused-ring (bicyclic) bond motifs is 1. The molecule has 1 fully saturated rings. The van der Waals surface area contributed by atoms with Gasteiger partial charge in [-0.05, 0) is 56.1 Å².